The van der Waals surface area contributed by atoms with Crippen LogP contribution < -0.4 is 5.76 Å². The number of hydrogen-bond acceptors (Lipinski definition) is 6. The summed E-state index contributed by atoms with van der Waals surface area (Å²) in [6.45, 7) is 3.97. The summed E-state index contributed by atoms with van der Waals surface area (Å²) < 4.78 is 10.8. The van der Waals surface area contributed by atoms with E-state index in [-0.39, 0.29) is 11.6 Å². The minimum Gasteiger partial charge on any atom is -0.492 e. The molecule has 0 amide bonds. The van der Waals surface area contributed by atoms with Gasteiger partial charge in [0.05, 0.1) is 5.69 Å². The molecule has 0 radical (unpaired) electrons. The van der Waals surface area contributed by atoms with Crippen LogP contribution in [-0.2, 0) is 12.8 Å². The SMILES string of the molecule is Cc1ccc(-c2nc(CC=Cc3ccc(Cc4oc(=O)[nH]c4O)s3)c(C)o2)cc1. The lowest BCUT2D eigenvalue weighted by Crippen LogP contribution is -1.93. The van der Waals surface area contributed by atoms with E-state index >= 15 is 0 Å². The lowest BCUT2D eigenvalue weighted by atomic mass is 10.1. The van der Waals surface area contributed by atoms with Gasteiger partial charge in [-0.25, -0.2) is 9.78 Å². The van der Waals surface area contributed by atoms with E-state index in [0.717, 1.165) is 26.8 Å². The highest BCUT2D eigenvalue weighted by Crippen LogP contribution is 2.25. The van der Waals surface area contributed by atoms with Gasteiger partial charge < -0.3 is 13.9 Å². The van der Waals surface area contributed by atoms with E-state index in [0.29, 0.717) is 18.7 Å². The lowest BCUT2D eigenvalue weighted by molar-refractivity contribution is 0.426. The Hall–Kier alpha value is -3.32. The van der Waals surface area contributed by atoms with Crippen LogP contribution in [0.25, 0.3) is 17.5 Å². The molecule has 6 nitrogen and oxygen atoms in total. The molecule has 4 aromatic rings. The Balaban J connectivity index is 1.42. The van der Waals surface area contributed by atoms with E-state index in [9.17, 15) is 9.90 Å². The van der Waals surface area contributed by atoms with E-state index in [1.54, 1.807) is 11.3 Å². The Morgan fingerprint density at radius 3 is 2.66 bits per heavy atom. The molecule has 0 atom stereocenters. The van der Waals surface area contributed by atoms with Crippen LogP contribution in [0.15, 0.2) is 56.1 Å². The van der Waals surface area contributed by atoms with Crippen LogP contribution in [0.4, 0.5) is 0 Å². The van der Waals surface area contributed by atoms with Crippen molar-refractivity contribution in [3.8, 4) is 17.3 Å². The second-order valence-electron chi connectivity index (χ2n) is 6.76. The molecule has 0 aliphatic heterocycles. The molecular formula is C22H20N2O4S. The van der Waals surface area contributed by atoms with E-state index < -0.39 is 5.76 Å². The van der Waals surface area contributed by atoms with Crippen molar-refractivity contribution in [3.63, 3.8) is 0 Å². The summed E-state index contributed by atoms with van der Waals surface area (Å²) in [5, 5.41) is 9.62. The third-order valence-corrected chi connectivity index (χ3v) is 5.55. The molecule has 0 saturated carbocycles. The molecule has 0 saturated heterocycles. The average molecular weight is 408 g/mol. The number of oxazole rings is 2. The van der Waals surface area contributed by atoms with E-state index in [1.807, 2.05) is 62.4 Å². The van der Waals surface area contributed by atoms with E-state index in [2.05, 4.69) is 9.97 Å². The summed E-state index contributed by atoms with van der Waals surface area (Å²) in [6.07, 6.45) is 5.11. The molecule has 0 fully saturated rings. The van der Waals surface area contributed by atoms with Gasteiger partial charge >= 0.3 is 5.76 Å². The van der Waals surface area contributed by atoms with Crippen molar-refractivity contribution >= 4 is 17.4 Å². The van der Waals surface area contributed by atoms with Crippen LogP contribution in [0.1, 0.15) is 32.5 Å². The second kappa shape index (κ2) is 7.97. The highest BCUT2D eigenvalue weighted by atomic mass is 32.1. The number of hydrogen-bond donors (Lipinski definition) is 2. The summed E-state index contributed by atoms with van der Waals surface area (Å²) in [7, 11) is 0. The number of aromatic amines is 1. The maximum atomic E-state index is 11.1. The van der Waals surface area contributed by atoms with Crippen LogP contribution in [0, 0.1) is 13.8 Å². The van der Waals surface area contributed by atoms with Crippen molar-refractivity contribution in [1.82, 2.24) is 9.97 Å². The van der Waals surface area contributed by atoms with Gasteiger partial charge in [-0.2, -0.15) is 0 Å². The number of aryl methyl sites for hydroxylation is 2. The second-order valence-corrected chi connectivity index (χ2v) is 7.96. The Kier molecular flexibility index (Phi) is 5.22. The molecule has 0 spiro atoms. The van der Waals surface area contributed by atoms with Crippen LogP contribution in [0.5, 0.6) is 5.88 Å². The molecule has 3 heterocycles. The van der Waals surface area contributed by atoms with Crippen molar-refractivity contribution < 1.29 is 13.9 Å². The van der Waals surface area contributed by atoms with Gasteiger partial charge in [0.15, 0.2) is 5.76 Å². The number of rotatable bonds is 6. The number of aromatic nitrogens is 2. The number of aromatic hydroxyl groups is 1. The first-order valence-corrected chi connectivity index (χ1v) is 9.99. The van der Waals surface area contributed by atoms with Gasteiger partial charge in [0.2, 0.25) is 11.8 Å². The van der Waals surface area contributed by atoms with Crippen molar-refractivity contribution in [2.75, 3.05) is 0 Å². The van der Waals surface area contributed by atoms with Crippen LogP contribution in [0.2, 0.25) is 0 Å². The largest absolute Gasteiger partial charge is 0.492 e. The first kappa shape index (κ1) is 19.0. The zero-order valence-corrected chi connectivity index (χ0v) is 16.9. The van der Waals surface area contributed by atoms with Crippen LogP contribution >= 0.6 is 11.3 Å². The zero-order chi connectivity index (χ0) is 20.4. The van der Waals surface area contributed by atoms with Gasteiger partial charge in [-0.3, -0.25) is 4.98 Å². The fourth-order valence-corrected chi connectivity index (χ4v) is 3.88. The molecule has 1 aromatic carbocycles. The Morgan fingerprint density at radius 1 is 1.14 bits per heavy atom. The van der Waals surface area contributed by atoms with Crippen LogP contribution in [-0.4, -0.2) is 15.1 Å². The fraction of sp³-hybridized carbons (Fsp3) is 0.182. The fourth-order valence-electron chi connectivity index (χ4n) is 2.93. The van der Waals surface area contributed by atoms with Gasteiger partial charge in [-0.05, 0) is 44.2 Å². The van der Waals surface area contributed by atoms with Gasteiger partial charge in [-0.15, -0.1) is 11.3 Å². The minimum atomic E-state index is -0.651. The van der Waals surface area contributed by atoms with Crippen molar-refractivity contribution in [3.05, 3.63) is 85.6 Å². The summed E-state index contributed by atoms with van der Waals surface area (Å²) in [6, 6.07) is 12.1. The number of allylic oxidation sites excluding steroid dienone is 1. The Morgan fingerprint density at radius 2 is 1.93 bits per heavy atom. The molecule has 29 heavy (non-hydrogen) atoms. The molecule has 7 heteroatoms. The Bertz CT molecular complexity index is 1210. The maximum Gasteiger partial charge on any atom is 0.419 e. The average Bonchev–Trinajstić information content (AvgIpc) is 3.36. The van der Waals surface area contributed by atoms with Gasteiger partial charge in [0, 0.05) is 28.2 Å². The number of H-pyrrole nitrogens is 1. The zero-order valence-electron chi connectivity index (χ0n) is 16.1. The van der Waals surface area contributed by atoms with Crippen molar-refractivity contribution in [2.24, 2.45) is 0 Å². The smallest absolute Gasteiger partial charge is 0.419 e. The number of nitrogens with zero attached hydrogens (tertiary/aromatic N) is 1. The van der Waals surface area contributed by atoms with Gasteiger partial charge in [0.1, 0.15) is 5.76 Å². The molecule has 0 aliphatic rings. The summed E-state index contributed by atoms with van der Waals surface area (Å²) in [4.78, 5) is 20.0. The normalized spacial score (nSPS) is 11.5. The highest BCUT2D eigenvalue weighted by molar-refractivity contribution is 7.12. The molecular weight excluding hydrogens is 388 g/mol. The van der Waals surface area contributed by atoms with Crippen molar-refractivity contribution in [2.45, 2.75) is 26.7 Å². The first-order valence-electron chi connectivity index (χ1n) is 9.17. The highest BCUT2D eigenvalue weighted by Gasteiger charge is 2.12. The van der Waals surface area contributed by atoms with Gasteiger partial charge in [0.25, 0.3) is 0 Å². The molecule has 3 aromatic heterocycles. The third kappa shape index (κ3) is 4.41. The monoisotopic (exact) mass is 408 g/mol. The molecule has 148 valence electrons. The quantitative estimate of drug-likeness (QED) is 0.476. The van der Waals surface area contributed by atoms with E-state index in [4.69, 9.17) is 8.83 Å². The maximum absolute atomic E-state index is 11.1. The van der Waals surface area contributed by atoms with Gasteiger partial charge in [-0.1, -0.05) is 23.8 Å². The summed E-state index contributed by atoms with van der Waals surface area (Å²) in [5.41, 5.74) is 3.08. The molecule has 0 unspecified atom stereocenters. The molecule has 4 rings (SSSR count). The standard InChI is InChI=1S/C22H20N2O4S/c1-13-6-8-15(9-7-13)21-23-18(14(2)27-21)5-3-4-16-10-11-17(29-16)12-19-20(25)24-22(26)28-19/h3-4,6-11,25H,5,12H2,1-2H3,(H,24,26). The topological polar surface area (TPSA) is 92.3 Å². The van der Waals surface area contributed by atoms with Crippen molar-refractivity contribution in [1.29, 1.82) is 0 Å². The minimum absolute atomic E-state index is 0.216. The Labute approximate surface area is 171 Å². The summed E-state index contributed by atoms with van der Waals surface area (Å²) >= 11 is 1.57. The molecule has 2 N–H and O–H groups in total. The first-order chi connectivity index (χ1) is 14.0. The number of thiophene rings is 1. The molecule has 0 aliphatic carbocycles. The lowest BCUT2D eigenvalue weighted by Gasteiger charge is -1.95. The predicted molar refractivity (Wildman–Crippen MR) is 112 cm³/mol. The third-order valence-electron chi connectivity index (χ3n) is 4.50. The number of benzene rings is 1. The molecule has 0 bridgehead atoms. The van der Waals surface area contributed by atoms with E-state index in [1.165, 1.54) is 5.56 Å². The predicted octanol–water partition coefficient (Wildman–Crippen LogP) is 4.85. The number of nitrogens with one attached hydrogen (secondary N) is 1. The van der Waals surface area contributed by atoms with Crippen LogP contribution in [0.3, 0.4) is 0 Å². The summed E-state index contributed by atoms with van der Waals surface area (Å²) in [5.74, 6) is 0.829.